The molecule has 0 spiro atoms. The molecule has 4 rings (SSSR count). The Morgan fingerprint density at radius 1 is 1.11 bits per heavy atom. The van der Waals surface area contributed by atoms with Crippen LogP contribution in [0.2, 0.25) is 0 Å². The monoisotopic (exact) mass is 486 g/mol. The smallest absolute Gasteiger partial charge is 0.257 e. The highest BCUT2D eigenvalue weighted by Gasteiger charge is 2.14. The summed E-state index contributed by atoms with van der Waals surface area (Å²) in [6.45, 7) is 4.48. The van der Waals surface area contributed by atoms with Crippen LogP contribution in [-0.2, 0) is 11.3 Å². The molecule has 35 heavy (non-hydrogen) atoms. The number of carbonyl (C=O) groups excluding carboxylic acids is 1. The molecule has 2 aromatic heterocycles. The van der Waals surface area contributed by atoms with Crippen LogP contribution in [0, 0.1) is 5.82 Å². The molecule has 0 radical (unpaired) electrons. The number of nitrogens with two attached hydrogens (primary N) is 2. The summed E-state index contributed by atoms with van der Waals surface area (Å²) in [5.74, 6) is -0.335. The van der Waals surface area contributed by atoms with Gasteiger partial charge in [-0.1, -0.05) is 12.6 Å². The number of rotatable bonds is 8. The number of carbonyl (C=O) groups is 1. The van der Waals surface area contributed by atoms with Gasteiger partial charge >= 0.3 is 0 Å². The van der Waals surface area contributed by atoms with Gasteiger partial charge in [0.2, 0.25) is 0 Å². The lowest BCUT2D eigenvalue weighted by Crippen LogP contribution is -2.22. The molecule has 0 aliphatic carbocycles. The molecule has 0 saturated carbocycles. The fourth-order valence-electron chi connectivity index (χ4n) is 3.34. The second kappa shape index (κ2) is 10.6. The van der Waals surface area contributed by atoms with E-state index in [4.69, 9.17) is 11.5 Å². The largest absolute Gasteiger partial charge is 0.405 e. The number of nitrogen functional groups attached to an aromatic ring is 1. The van der Waals surface area contributed by atoms with Gasteiger partial charge in [0.15, 0.2) is 0 Å². The van der Waals surface area contributed by atoms with E-state index in [1.807, 2.05) is 30.3 Å². The number of allylic oxidation sites excluding steroid dienone is 2. The molecular formula is C26H23FN6OS. The van der Waals surface area contributed by atoms with E-state index in [9.17, 15) is 9.18 Å². The predicted octanol–water partition coefficient (Wildman–Crippen LogP) is 4.72. The minimum atomic E-state index is -0.393. The Kier molecular flexibility index (Phi) is 7.18. The average Bonchev–Trinajstić information content (AvgIpc) is 3.33. The minimum absolute atomic E-state index is 0.304. The van der Waals surface area contributed by atoms with Gasteiger partial charge < -0.3 is 22.1 Å². The van der Waals surface area contributed by atoms with Crippen molar-refractivity contribution < 1.29 is 9.18 Å². The molecule has 0 aliphatic heterocycles. The van der Waals surface area contributed by atoms with E-state index in [1.54, 1.807) is 23.5 Å². The summed E-state index contributed by atoms with van der Waals surface area (Å²) in [6.07, 6.45) is 5.89. The number of nitrogens with one attached hydrogen (secondary N) is 2. The standard InChI is InChI=1S/C26H23FN6OS/c1-16(21(3-2-12-28)26(34)33-19-7-5-18(27)6-8-19)30-14-20-9-11-24(35-20)17-4-10-23-22(13-17)25(29)32-15-31-23/h2-13,15,30H,1,14,28H2,(H,33,34)(H2,29,31,32)/b12-2-,21-3+. The summed E-state index contributed by atoms with van der Waals surface area (Å²) in [5, 5.41) is 6.74. The number of amides is 1. The maximum atomic E-state index is 13.2. The molecule has 0 saturated heterocycles. The number of aromatic nitrogens is 2. The number of fused-ring (bicyclic) bond motifs is 1. The third kappa shape index (κ3) is 5.71. The highest BCUT2D eigenvalue weighted by atomic mass is 32.1. The van der Waals surface area contributed by atoms with E-state index in [0.29, 0.717) is 29.3 Å². The Morgan fingerprint density at radius 2 is 1.91 bits per heavy atom. The van der Waals surface area contributed by atoms with Crippen molar-refractivity contribution in [1.29, 1.82) is 0 Å². The summed E-state index contributed by atoms with van der Waals surface area (Å²) < 4.78 is 13.2. The second-order valence-corrected chi connectivity index (χ2v) is 8.68. The van der Waals surface area contributed by atoms with E-state index in [0.717, 1.165) is 26.2 Å². The number of hydrogen-bond acceptors (Lipinski definition) is 7. The van der Waals surface area contributed by atoms with Crippen molar-refractivity contribution in [2.45, 2.75) is 6.54 Å². The second-order valence-electron chi connectivity index (χ2n) is 7.52. The molecule has 6 N–H and O–H groups in total. The zero-order chi connectivity index (χ0) is 24.8. The number of halogens is 1. The van der Waals surface area contributed by atoms with Gasteiger partial charge in [0.1, 0.15) is 18.0 Å². The van der Waals surface area contributed by atoms with Gasteiger partial charge in [0.05, 0.1) is 11.1 Å². The lowest BCUT2D eigenvalue weighted by molar-refractivity contribution is -0.112. The number of nitrogens with zero attached hydrogens (tertiary/aromatic N) is 2. The molecule has 7 nitrogen and oxygen atoms in total. The fourth-order valence-corrected chi connectivity index (χ4v) is 4.29. The van der Waals surface area contributed by atoms with Crippen LogP contribution in [0.5, 0.6) is 0 Å². The van der Waals surface area contributed by atoms with Crippen molar-refractivity contribution in [3.63, 3.8) is 0 Å². The molecule has 0 atom stereocenters. The summed E-state index contributed by atoms with van der Waals surface area (Å²) >= 11 is 1.61. The Hall–Kier alpha value is -4.50. The van der Waals surface area contributed by atoms with Crippen molar-refractivity contribution in [2.75, 3.05) is 11.1 Å². The predicted molar refractivity (Wildman–Crippen MR) is 140 cm³/mol. The van der Waals surface area contributed by atoms with Crippen LogP contribution in [0.1, 0.15) is 4.88 Å². The molecule has 0 fully saturated rings. The first-order valence-corrected chi connectivity index (χ1v) is 11.4. The number of benzene rings is 2. The molecule has 0 bridgehead atoms. The minimum Gasteiger partial charge on any atom is -0.405 e. The van der Waals surface area contributed by atoms with Crippen molar-refractivity contribution in [2.24, 2.45) is 5.73 Å². The molecule has 1 amide bonds. The normalized spacial score (nSPS) is 11.6. The number of hydrogen-bond donors (Lipinski definition) is 4. The van der Waals surface area contributed by atoms with Gasteiger partial charge in [-0.05, 0) is 72.4 Å². The Labute approximate surface area is 205 Å². The maximum Gasteiger partial charge on any atom is 0.257 e. The zero-order valence-electron chi connectivity index (χ0n) is 18.7. The molecule has 0 aliphatic rings. The van der Waals surface area contributed by atoms with Gasteiger partial charge in [0, 0.05) is 33.1 Å². The lowest BCUT2D eigenvalue weighted by Gasteiger charge is -2.13. The van der Waals surface area contributed by atoms with Gasteiger partial charge in [-0.2, -0.15) is 0 Å². The first-order valence-electron chi connectivity index (χ1n) is 10.6. The molecule has 176 valence electrons. The van der Waals surface area contributed by atoms with Crippen molar-refractivity contribution in [3.05, 3.63) is 108 Å². The summed E-state index contributed by atoms with van der Waals surface area (Å²) in [4.78, 5) is 23.2. The van der Waals surface area contributed by atoms with Crippen molar-refractivity contribution in [3.8, 4) is 10.4 Å². The van der Waals surface area contributed by atoms with Gasteiger partial charge in [0.25, 0.3) is 5.91 Å². The zero-order valence-corrected chi connectivity index (χ0v) is 19.5. The number of thiophene rings is 1. The highest BCUT2D eigenvalue weighted by Crippen LogP contribution is 2.31. The van der Waals surface area contributed by atoms with Crippen molar-refractivity contribution >= 4 is 39.7 Å². The highest BCUT2D eigenvalue weighted by molar-refractivity contribution is 7.15. The Bertz CT molecular complexity index is 1440. The molecule has 0 unspecified atom stereocenters. The van der Waals surface area contributed by atoms with E-state index < -0.39 is 5.91 Å². The van der Waals surface area contributed by atoms with E-state index in [-0.39, 0.29) is 5.82 Å². The Morgan fingerprint density at radius 3 is 2.69 bits per heavy atom. The summed E-state index contributed by atoms with van der Waals surface area (Å²) in [6, 6.07) is 15.5. The van der Waals surface area contributed by atoms with Crippen LogP contribution < -0.4 is 22.1 Å². The van der Waals surface area contributed by atoms with Gasteiger partial charge in [-0.25, -0.2) is 14.4 Å². The molecule has 4 aromatic rings. The molecule has 9 heteroatoms. The van der Waals surface area contributed by atoms with Crippen LogP contribution in [0.3, 0.4) is 0 Å². The third-order valence-electron chi connectivity index (χ3n) is 5.13. The molecular weight excluding hydrogens is 463 g/mol. The van der Waals surface area contributed by atoms with Crippen molar-refractivity contribution in [1.82, 2.24) is 15.3 Å². The molecule has 2 aromatic carbocycles. The van der Waals surface area contributed by atoms with E-state index in [2.05, 4.69) is 27.2 Å². The molecule has 2 heterocycles. The third-order valence-corrected chi connectivity index (χ3v) is 6.27. The lowest BCUT2D eigenvalue weighted by atomic mass is 10.1. The van der Waals surface area contributed by atoms with Crippen LogP contribution in [0.15, 0.2) is 97.1 Å². The van der Waals surface area contributed by atoms with Crippen LogP contribution in [0.4, 0.5) is 15.9 Å². The first kappa shape index (κ1) is 23.7. The Balaban J connectivity index is 1.45. The van der Waals surface area contributed by atoms with Crippen LogP contribution in [0.25, 0.3) is 21.3 Å². The van der Waals surface area contributed by atoms with E-state index >= 15 is 0 Å². The number of anilines is 2. The quantitative estimate of drug-likeness (QED) is 0.211. The average molecular weight is 487 g/mol. The van der Waals surface area contributed by atoms with Crippen LogP contribution >= 0.6 is 11.3 Å². The first-order chi connectivity index (χ1) is 16.9. The van der Waals surface area contributed by atoms with Crippen LogP contribution in [-0.4, -0.2) is 15.9 Å². The SMILES string of the molecule is C=C(NCc1ccc(-c2ccc3ncnc(N)c3c2)s1)/C(=C\C=C/N)C(=O)Nc1ccc(F)cc1. The van der Waals surface area contributed by atoms with E-state index in [1.165, 1.54) is 36.8 Å². The fraction of sp³-hybridized carbons (Fsp3) is 0.0385. The summed E-state index contributed by atoms with van der Waals surface area (Å²) in [5.41, 5.74) is 14.5. The summed E-state index contributed by atoms with van der Waals surface area (Å²) in [7, 11) is 0. The topological polar surface area (TPSA) is 119 Å². The van der Waals surface area contributed by atoms with Gasteiger partial charge in [-0.15, -0.1) is 11.3 Å². The van der Waals surface area contributed by atoms with Gasteiger partial charge in [-0.3, -0.25) is 4.79 Å². The maximum absolute atomic E-state index is 13.2.